The number of rotatable bonds is 5. The molecule has 1 heterocycles. The number of amides is 1. The molecule has 1 aliphatic rings. The summed E-state index contributed by atoms with van der Waals surface area (Å²) in [4.78, 5) is 12.6. The van der Waals surface area contributed by atoms with Crippen LogP contribution in [0, 0.1) is 13.8 Å². The van der Waals surface area contributed by atoms with E-state index in [0.29, 0.717) is 18.0 Å². The fourth-order valence-electron chi connectivity index (χ4n) is 3.70. The lowest BCUT2D eigenvalue weighted by molar-refractivity contribution is -0.122. The van der Waals surface area contributed by atoms with Crippen LogP contribution >= 0.6 is 24.0 Å². The highest BCUT2D eigenvalue weighted by molar-refractivity contribution is 6.30. The minimum Gasteiger partial charge on any atom is -0.349 e. The van der Waals surface area contributed by atoms with Crippen molar-refractivity contribution in [3.05, 3.63) is 46.2 Å². The molecule has 0 aliphatic heterocycles. The Morgan fingerprint density at radius 1 is 1.27 bits per heavy atom. The molecular weight excluding hydrogens is 371 g/mol. The lowest BCUT2D eigenvalue weighted by atomic mass is 9.97. The van der Waals surface area contributed by atoms with E-state index in [0.717, 1.165) is 48.3 Å². The largest absolute Gasteiger partial charge is 0.349 e. The summed E-state index contributed by atoms with van der Waals surface area (Å²) < 4.78 is 1.86. The maximum Gasteiger partial charge on any atom is 0.225 e. The summed E-state index contributed by atoms with van der Waals surface area (Å²) in [6.45, 7) is 4.43. The van der Waals surface area contributed by atoms with E-state index in [-0.39, 0.29) is 23.9 Å². The van der Waals surface area contributed by atoms with Gasteiger partial charge < -0.3 is 11.1 Å². The van der Waals surface area contributed by atoms with Crippen molar-refractivity contribution in [2.45, 2.75) is 51.5 Å². The fraction of sp³-hybridized carbons (Fsp3) is 0.474. The Labute approximate surface area is 165 Å². The maximum atomic E-state index is 12.6. The zero-order valence-electron chi connectivity index (χ0n) is 15.2. The summed E-state index contributed by atoms with van der Waals surface area (Å²) in [5.74, 6) is 0.0224. The first-order valence-corrected chi connectivity index (χ1v) is 9.14. The van der Waals surface area contributed by atoms with Gasteiger partial charge in [0.2, 0.25) is 5.91 Å². The molecule has 2 aromatic rings. The number of halogens is 2. The molecule has 142 valence electrons. The number of benzene rings is 1. The van der Waals surface area contributed by atoms with Crippen LogP contribution in [-0.2, 0) is 11.2 Å². The molecule has 3 N–H and O–H groups in total. The van der Waals surface area contributed by atoms with Gasteiger partial charge in [0.25, 0.3) is 0 Å². The number of aryl methyl sites for hydroxylation is 1. The Hall–Kier alpha value is -1.56. The number of carbonyl (C=O) groups excluding carboxylic acids is 1. The van der Waals surface area contributed by atoms with Gasteiger partial charge in [-0.3, -0.25) is 4.79 Å². The van der Waals surface area contributed by atoms with Crippen molar-refractivity contribution in [2.24, 2.45) is 5.73 Å². The van der Waals surface area contributed by atoms with Gasteiger partial charge in [-0.25, -0.2) is 4.68 Å². The molecule has 3 rings (SSSR count). The Balaban J connectivity index is 0.00000243. The van der Waals surface area contributed by atoms with Gasteiger partial charge in [0, 0.05) is 22.8 Å². The zero-order valence-corrected chi connectivity index (χ0v) is 16.8. The van der Waals surface area contributed by atoms with Gasteiger partial charge in [0.15, 0.2) is 0 Å². The summed E-state index contributed by atoms with van der Waals surface area (Å²) in [5.41, 5.74) is 9.46. The Bertz CT molecular complexity index is 765. The number of nitrogens with two attached hydrogens (primary N) is 1. The second kappa shape index (κ2) is 8.42. The fourth-order valence-corrected chi connectivity index (χ4v) is 3.82. The van der Waals surface area contributed by atoms with E-state index in [4.69, 9.17) is 17.3 Å². The van der Waals surface area contributed by atoms with Crippen molar-refractivity contribution in [1.29, 1.82) is 0 Å². The highest BCUT2D eigenvalue weighted by Gasteiger charge is 2.34. The number of hydrogen-bond donors (Lipinski definition) is 2. The van der Waals surface area contributed by atoms with Gasteiger partial charge in [-0.1, -0.05) is 24.4 Å². The number of carbonyl (C=O) groups is 1. The summed E-state index contributed by atoms with van der Waals surface area (Å²) in [6.07, 6.45) is 4.52. The third-order valence-corrected chi connectivity index (χ3v) is 5.46. The molecule has 5 nitrogen and oxygen atoms in total. The summed E-state index contributed by atoms with van der Waals surface area (Å²) >= 11 is 5.96. The van der Waals surface area contributed by atoms with Gasteiger partial charge in [0.05, 0.1) is 23.3 Å². The van der Waals surface area contributed by atoms with Crippen molar-refractivity contribution in [2.75, 3.05) is 6.54 Å². The van der Waals surface area contributed by atoms with Crippen LogP contribution in [0.15, 0.2) is 24.3 Å². The molecule has 1 aliphatic carbocycles. The Morgan fingerprint density at radius 3 is 2.46 bits per heavy atom. The molecule has 0 radical (unpaired) electrons. The predicted octanol–water partition coefficient (Wildman–Crippen LogP) is 3.49. The van der Waals surface area contributed by atoms with Crippen LogP contribution < -0.4 is 11.1 Å². The average Bonchev–Trinajstić information content (AvgIpc) is 3.16. The molecule has 7 heteroatoms. The summed E-state index contributed by atoms with van der Waals surface area (Å²) in [7, 11) is 0. The minimum atomic E-state index is -0.217. The first-order chi connectivity index (χ1) is 11.9. The molecule has 1 aromatic carbocycles. The van der Waals surface area contributed by atoms with E-state index < -0.39 is 0 Å². The molecule has 1 saturated carbocycles. The lowest BCUT2D eigenvalue weighted by Crippen LogP contribution is -2.52. The molecule has 26 heavy (non-hydrogen) atoms. The van der Waals surface area contributed by atoms with Crippen molar-refractivity contribution >= 4 is 29.9 Å². The van der Waals surface area contributed by atoms with E-state index in [2.05, 4.69) is 10.4 Å². The van der Waals surface area contributed by atoms with E-state index in [9.17, 15) is 4.79 Å². The third kappa shape index (κ3) is 4.22. The second-order valence-electron chi connectivity index (χ2n) is 6.95. The maximum absolute atomic E-state index is 12.6. The van der Waals surface area contributed by atoms with Gasteiger partial charge >= 0.3 is 0 Å². The van der Waals surface area contributed by atoms with Crippen molar-refractivity contribution in [3.8, 4) is 5.69 Å². The quantitative estimate of drug-likeness (QED) is 0.811. The smallest absolute Gasteiger partial charge is 0.225 e. The van der Waals surface area contributed by atoms with Gasteiger partial charge in [0.1, 0.15) is 0 Å². The second-order valence-corrected chi connectivity index (χ2v) is 7.39. The van der Waals surface area contributed by atoms with Crippen LogP contribution in [-0.4, -0.2) is 27.8 Å². The molecule has 0 bridgehead atoms. The van der Waals surface area contributed by atoms with Crippen LogP contribution in [0.5, 0.6) is 0 Å². The highest BCUT2D eigenvalue weighted by Crippen LogP contribution is 2.29. The Kier molecular flexibility index (Phi) is 6.72. The molecule has 1 fully saturated rings. The Morgan fingerprint density at radius 2 is 1.88 bits per heavy atom. The zero-order chi connectivity index (χ0) is 18.0. The topological polar surface area (TPSA) is 72.9 Å². The standard InChI is InChI=1S/C19H25ClN4O.ClH/c1-13-17(11-18(25)22-19(12-21)9-3-4-10-19)14(2)24(23-13)16-7-5-15(20)6-8-16;/h5-8H,3-4,9-12,21H2,1-2H3,(H,22,25);1H. The van der Waals surface area contributed by atoms with E-state index >= 15 is 0 Å². The molecule has 0 unspecified atom stereocenters. The van der Waals surface area contributed by atoms with Crippen LogP contribution in [0.2, 0.25) is 5.02 Å². The normalized spacial score (nSPS) is 15.5. The SMILES string of the molecule is Cc1nn(-c2ccc(Cl)cc2)c(C)c1CC(=O)NC1(CN)CCCC1.Cl. The van der Waals surface area contributed by atoms with E-state index in [1.807, 2.05) is 42.8 Å². The summed E-state index contributed by atoms with van der Waals surface area (Å²) in [6, 6.07) is 7.52. The first-order valence-electron chi connectivity index (χ1n) is 8.76. The third-order valence-electron chi connectivity index (χ3n) is 5.21. The van der Waals surface area contributed by atoms with Crippen LogP contribution in [0.3, 0.4) is 0 Å². The number of nitrogens with zero attached hydrogens (tertiary/aromatic N) is 2. The van der Waals surface area contributed by atoms with Crippen LogP contribution in [0.25, 0.3) is 5.69 Å². The molecular formula is C19H26Cl2N4O. The minimum absolute atomic E-state index is 0. The lowest BCUT2D eigenvalue weighted by Gasteiger charge is -2.28. The first kappa shape index (κ1) is 20.7. The van der Waals surface area contributed by atoms with Gasteiger partial charge in [-0.2, -0.15) is 5.10 Å². The summed E-state index contributed by atoms with van der Waals surface area (Å²) in [5, 5.41) is 8.47. The molecule has 0 saturated heterocycles. The number of hydrogen-bond acceptors (Lipinski definition) is 3. The number of nitrogens with one attached hydrogen (secondary N) is 1. The van der Waals surface area contributed by atoms with Crippen molar-refractivity contribution in [3.63, 3.8) is 0 Å². The molecule has 0 spiro atoms. The van der Waals surface area contributed by atoms with E-state index in [1.54, 1.807) is 0 Å². The van der Waals surface area contributed by atoms with Crippen molar-refractivity contribution < 1.29 is 4.79 Å². The molecule has 0 atom stereocenters. The highest BCUT2D eigenvalue weighted by atomic mass is 35.5. The van der Waals surface area contributed by atoms with Gasteiger partial charge in [-0.15, -0.1) is 12.4 Å². The van der Waals surface area contributed by atoms with Crippen LogP contribution in [0.1, 0.15) is 42.6 Å². The molecule has 1 amide bonds. The number of aromatic nitrogens is 2. The van der Waals surface area contributed by atoms with Crippen molar-refractivity contribution in [1.82, 2.24) is 15.1 Å². The van der Waals surface area contributed by atoms with E-state index in [1.165, 1.54) is 0 Å². The van der Waals surface area contributed by atoms with Gasteiger partial charge in [-0.05, 0) is 51.0 Å². The average molecular weight is 397 g/mol. The van der Waals surface area contributed by atoms with Crippen LogP contribution in [0.4, 0.5) is 0 Å². The molecule has 1 aromatic heterocycles. The monoisotopic (exact) mass is 396 g/mol. The predicted molar refractivity (Wildman–Crippen MR) is 107 cm³/mol.